The van der Waals surface area contributed by atoms with Crippen LogP contribution in [0.15, 0.2) is 12.2 Å². The van der Waals surface area contributed by atoms with Crippen molar-refractivity contribution in [3.05, 3.63) is 28.2 Å². The number of nitrogens with one attached hydrogen (secondary N) is 1. The van der Waals surface area contributed by atoms with Crippen molar-refractivity contribution in [2.24, 2.45) is 5.92 Å². The van der Waals surface area contributed by atoms with E-state index in [2.05, 4.69) is 5.32 Å². The van der Waals surface area contributed by atoms with E-state index in [-0.39, 0.29) is 25.1 Å². The van der Waals surface area contributed by atoms with Gasteiger partial charge in [0.25, 0.3) is 5.91 Å². The molecule has 0 aliphatic heterocycles. The van der Waals surface area contributed by atoms with Crippen LogP contribution in [-0.2, 0) is 31.9 Å². The highest BCUT2D eigenvalue weighted by molar-refractivity contribution is 7.17. The molecule has 140 valence electrons. The number of aryl methyl sites for hydroxylation is 1. The molecule has 1 aromatic heterocycles. The Hall–Kier alpha value is -2.15. The maximum absolute atomic E-state index is 12.3. The first-order valence-corrected chi connectivity index (χ1v) is 9.85. The SMILES string of the molecule is CCOC(=O)c1c(NC(=O)COC(=O)[C@@H]2CC=CCC2)sc2c1CCC2. The van der Waals surface area contributed by atoms with Crippen LogP contribution >= 0.6 is 11.3 Å². The molecule has 3 rings (SSSR count). The second kappa shape index (κ2) is 8.49. The minimum atomic E-state index is -0.435. The number of fused-ring (bicyclic) bond motifs is 1. The number of hydrogen-bond acceptors (Lipinski definition) is 6. The largest absolute Gasteiger partial charge is 0.462 e. The lowest BCUT2D eigenvalue weighted by atomic mass is 9.95. The van der Waals surface area contributed by atoms with Gasteiger partial charge in [-0.1, -0.05) is 12.2 Å². The van der Waals surface area contributed by atoms with E-state index in [4.69, 9.17) is 9.47 Å². The van der Waals surface area contributed by atoms with E-state index in [0.29, 0.717) is 17.0 Å². The molecule has 0 saturated heterocycles. The molecular formula is C19H23NO5S. The molecule has 0 spiro atoms. The number of hydrogen-bond donors (Lipinski definition) is 1. The average molecular weight is 377 g/mol. The van der Waals surface area contributed by atoms with Gasteiger partial charge in [-0.05, 0) is 51.0 Å². The third kappa shape index (κ3) is 4.15. The predicted molar refractivity (Wildman–Crippen MR) is 98.4 cm³/mol. The number of carbonyl (C=O) groups is 3. The Bertz CT molecular complexity index is 737. The number of ether oxygens (including phenoxy) is 2. The number of amides is 1. The third-order valence-corrected chi connectivity index (χ3v) is 5.81. The fourth-order valence-electron chi connectivity index (χ4n) is 3.34. The Balaban J connectivity index is 1.61. The van der Waals surface area contributed by atoms with Crippen LogP contribution in [0.3, 0.4) is 0 Å². The molecule has 0 saturated carbocycles. The van der Waals surface area contributed by atoms with Crippen LogP contribution in [-0.4, -0.2) is 31.1 Å². The van der Waals surface area contributed by atoms with Crippen LogP contribution in [0.5, 0.6) is 0 Å². The highest BCUT2D eigenvalue weighted by atomic mass is 32.1. The molecule has 1 heterocycles. The summed E-state index contributed by atoms with van der Waals surface area (Å²) < 4.78 is 10.3. The number of esters is 2. The van der Waals surface area contributed by atoms with Crippen LogP contribution < -0.4 is 5.32 Å². The van der Waals surface area contributed by atoms with Gasteiger partial charge in [0.1, 0.15) is 5.00 Å². The van der Waals surface area contributed by atoms with Crippen molar-refractivity contribution in [1.82, 2.24) is 0 Å². The second-order valence-electron chi connectivity index (χ2n) is 6.42. The number of anilines is 1. The zero-order chi connectivity index (χ0) is 18.5. The van der Waals surface area contributed by atoms with Crippen LogP contribution in [0.1, 0.15) is 53.4 Å². The second-order valence-corrected chi connectivity index (χ2v) is 7.52. The van der Waals surface area contributed by atoms with Gasteiger partial charge in [-0.2, -0.15) is 0 Å². The first-order chi connectivity index (χ1) is 12.6. The quantitative estimate of drug-likeness (QED) is 0.608. The van der Waals surface area contributed by atoms with E-state index in [1.54, 1.807) is 6.92 Å². The van der Waals surface area contributed by atoms with E-state index in [9.17, 15) is 14.4 Å². The Kier molecular flexibility index (Phi) is 6.08. The molecule has 0 unspecified atom stereocenters. The van der Waals surface area contributed by atoms with Gasteiger partial charge in [-0.3, -0.25) is 9.59 Å². The Labute approximate surface area is 156 Å². The van der Waals surface area contributed by atoms with E-state index >= 15 is 0 Å². The number of allylic oxidation sites excluding steroid dienone is 2. The highest BCUT2D eigenvalue weighted by Gasteiger charge is 2.28. The zero-order valence-electron chi connectivity index (χ0n) is 14.8. The molecule has 0 fully saturated rings. The van der Waals surface area contributed by atoms with Gasteiger partial charge >= 0.3 is 11.9 Å². The molecule has 1 amide bonds. The smallest absolute Gasteiger partial charge is 0.341 e. The van der Waals surface area contributed by atoms with Crippen LogP contribution in [0.4, 0.5) is 5.00 Å². The molecule has 1 N–H and O–H groups in total. The topological polar surface area (TPSA) is 81.7 Å². The molecule has 7 heteroatoms. The lowest BCUT2D eigenvalue weighted by Gasteiger charge is -2.16. The maximum Gasteiger partial charge on any atom is 0.341 e. The van der Waals surface area contributed by atoms with Crippen molar-refractivity contribution in [1.29, 1.82) is 0 Å². The summed E-state index contributed by atoms with van der Waals surface area (Å²) in [6.45, 7) is 1.69. The first kappa shape index (κ1) is 18.6. The van der Waals surface area contributed by atoms with Gasteiger partial charge in [-0.15, -0.1) is 11.3 Å². The molecule has 26 heavy (non-hydrogen) atoms. The van der Waals surface area contributed by atoms with Crippen molar-refractivity contribution >= 4 is 34.2 Å². The molecule has 1 aromatic rings. The van der Waals surface area contributed by atoms with E-state index in [1.807, 2.05) is 12.2 Å². The molecule has 0 radical (unpaired) electrons. The van der Waals surface area contributed by atoms with Crippen LogP contribution in [0.25, 0.3) is 0 Å². The fourth-order valence-corrected chi connectivity index (χ4v) is 4.63. The highest BCUT2D eigenvalue weighted by Crippen LogP contribution is 2.39. The molecular weight excluding hydrogens is 354 g/mol. The van der Waals surface area contributed by atoms with E-state index in [0.717, 1.165) is 42.5 Å². The maximum atomic E-state index is 12.3. The fraction of sp³-hybridized carbons (Fsp3) is 0.526. The molecule has 6 nitrogen and oxygen atoms in total. The third-order valence-electron chi connectivity index (χ3n) is 4.60. The molecule has 2 aliphatic carbocycles. The summed E-state index contributed by atoms with van der Waals surface area (Å²) in [6, 6.07) is 0. The van der Waals surface area contributed by atoms with E-state index in [1.165, 1.54) is 11.3 Å². The van der Waals surface area contributed by atoms with Gasteiger partial charge in [0.2, 0.25) is 0 Å². The predicted octanol–water partition coefficient (Wildman–Crippen LogP) is 3.25. The summed E-state index contributed by atoms with van der Waals surface area (Å²) in [5, 5.41) is 3.22. The summed E-state index contributed by atoms with van der Waals surface area (Å²) in [5.74, 6) is -1.36. The summed E-state index contributed by atoms with van der Waals surface area (Å²) in [6.07, 6.45) is 9.02. The number of thiophene rings is 1. The summed E-state index contributed by atoms with van der Waals surface area (Å²) in [5.41, 5.74) is 1.44. The Morgan fingerprint density at radius 1 is 1.23 bits per heavy atom. The zero-order valence-corrected chi connectivity index (χ0v) is 15.7. The van der Waals surface area contributed by atoms with E-state index < -0.39 is 11.9 Å². The lowest BCUT2D eigenvalue weighted by Crippen LogP contribution is -2.25. The Morgan fingerprint density at radius 3 is 2.81 bits per heavy atom. The lowest BCUT2D eigenvalue weighted by molar-refractivity contribution is -0.151. The monoisotopic (exact) mass is 377 g/mol. The minimum absolute atomic E-state index is 0.173. The normalized spacial score (nSPS) is 18.3. The summed E-state index contributed by atoms with van der Waals surface area (Å²) in [7, 11) is 0. The standard InChI is InChI=1S/C19H23NO5S/c1-2-24-19(23)16-13-9-6-10-14(13)26-17(16)20-15(21)11-25-18(22)12-7-4-3-5-8-12/h3-4,12H,2,5-11H2,1H3,(H,20,21)/t12-/m1/s1. The summed E-state index contributed by atoms with van der Waals surface area (Å²) >= 11 is 1.41. The minimum Gasteiger partial charge on any atom is -0.462 e. The molecule has 0 aromatic carbocycles. The van der Waals surface area contributed by atoms with Crippen LogP contribution in [0.2, 0.25) is 0 Å². The van der Waals surface area contributed by atoms with Crippen LogP contribution in [0, 0.1) is 5.92 Å². The summed E-state index contributed by atoms with van der Waals surface area (Å²) in [4.78, 5) is 37.6. The van der Waals surface area contributed by atoms with Crippen molar-refractivity contribution in [2.75, 3.05) is 18.5 Å². The van der Waals surface area contributed by atoms with Crippen molar-refractivity contribution < 1.29 is 23.9 Å². The van der Waals surface area contributed by atoms with Crippen molar-refractivity contribution in [3.63, 3.8) is 0 Å². The van der Waals surface area contributed by atoms with Gasteiger partial charge in [0, 0.05) is 4.88 Å². The number of carbonyl (C=O) groups excluding carboxylic acids is 3. The van der Waals surface area contributed by atoms with Gasteiger partial charge in [0.15, 0.2) is 6.61 Å². The van der Waals surface area contributed by atoms with Crippen molar-refractivity contribution in [3.8, 4) is 0 Å². The Morgan fingerprint density at radius 2 is 2.08 bits per heavy atom. The average Bonchev–Trinajstić information content (AvgIpc) is 3.21. The van der Waals surface area contributed by atoms with Gasteiger partial charge in [0.05, 0.1) is 18.1 Å². The first-order valence-electron chi connectivity index (χ1n) is 9.03. The van der Waals surface area contributed by atoms with Gasteiger partial charge in [-0.25, -0.2) is 4.79 Å². The molecule has 0 bridgehead atoms. The van der Waals surface area contributed by atoms with Gasteiger partial charge < -0.3 is 14.8 Å². The molecule has 1 atom stereocenters. The molecule has 2 aliphatic rings. The van der Waals surface area contributed by atoms with Crippen molar-refractivity contribution in [2.45, 2.75) is 45.4 Å². The number of rotatable bonds is 6.